The first kappa shape index (κ1) is 23.4. The molecule has 3 N–H and O–H groups in total. The summed E-state index contributed by atoms with van der Waals surface area (Å²) in [6.07, 6.45) is 18.5. The van der Waals surface area contributed by atoms with Gasteiger partial charge in [0.1, 0.15) is 19.2 Å². The van der Waals surface area contributed by atoms with Gasteiger partial charge in [0.2, 0.25) is 0 Å². The van der Waals surface area contributed by atoms with Crippen LogP contribution in [0.1, 0.15) is 96.8 Å². The fourth-order valence-corrected chi connectivity index (χ4v) is 2.90. The summed E-state index contributed by atoms with van der Waals surface area (Å²) in [5, 5.41) is 9.87. The van der Waals surface area contributed by atoms with Crippen LogP contribution in [0.25, 0.3) is 0 Å². The van der Waals surface area contributed by atoms with Gasteiger partial charge in [-0.15, -0.1) is 0 Å². The van der Waals surface area contributed by atoms with Crippen molar-refractivity contribution in [2.75, 3.05) is 6.61 Å². The second-order valence-electron chi connectivity index (χ2n) is 6.86. The van der Waals surface area contributed by atoms with Crippen molar-refractivity contribution >= 4 is 0 Å². The van der Waals surface area contributed by atoms with E-state index in [0.29, 0.717) is 12.8 Å². The van der Waals surface area contributed by atoms with E-state index in [9.17, 15) is 9.50 Å². The van der Waals surface area contributed by atoms with Gasteiger partial charge in [-0.1, -0.05) is 90.4 Å². The first-order valence-corrected chi connectivity index (χ1v) is 10.0. The van der Waals surface area contributed by atoms with Crippen molar-refractivity contribution in [2.24, 2.45) is 5.73 Å². The molecule has 0 aliphatic heterocycles. The lowest BCUT2D eigenvalue weighted by atomic mass is 10.0. The van der Waals surface area contributed by atoms with E-state index in [0.717, 1.165) is 19.1 Å². The predicted molar refractivity (Wildman–Crippen MR) is 100 cm³/mol. The summed E-state index contributed by atoms with van der Waals surface area (Å²) in [7, 11) is 0. The van der Waals surface area contributed by atoms with Gasteiger partial charge in [-0.2, -0.15) is 0 Å². The molecule has 0 aliphatic carbocycles. The van der Waals surface area contributed by atoms with Crippen molar-refractivity contribution in [1.82, 2.24) is 0 Å². The summed E-state index contributed by atoms with van der Waals surface area (Å²) in [5.74, 6) is 0. The van der Waals surface area contributed by atoms with Gasteiger partial charge < -0.3 is 15.6 Å². The van der Waals surface area contributed by atoms with Crippen molar-refractivity contribution in [2.45, 2.75) is 109 Å². The molecule has 2 unspecified atom stereocenters. The molecular formula is C20H40FNO2. The van der Waals surface area contributed by atoms with Crippen LogP contribution in [0.3, 0.4) is 0 Å². The summed E-state index contributed by atoms with van der Waals surface area (Å²) in [6.45, 7) is 2.41. The fourth-order valence-electron chi connectivity index (χ4n) is 2.90. The Balaban J connectivity index is 3.24. The number of halogens is 1. The van der Waals surface area contributed by atoms with Crippen molar-refractivity contribution in [3.8, 4) is 0 Å². The SMILES string of the molecule is CCCCCCCCCCCCCCCC(O)C(N)COC=CF. The molecule has 144 valence electrons. The lowest BCUT2D eigenvalue weighted by Crippen LogP contribution is -2.38. The summed E-state index contributed by atoms with van der Waals surface area (Å²) in [4.78, 5) is 0. The molecule has 0 saturated heterocycles. The number of ether oxygens (including phenoxy) is 1. The Hall–Kier alpha value is -0.610. The highest BCUT2D eigenvalue weighted by atomic mass is 19.1. The minimum Gasteiger partial charge on any atom is -0.497 e. The van der Waals surface area contributed by atoms with Crippen LogP contribution < -0.4 is 5.73 Å². The Morgan fingerprint density at radius 1 is 0.875 bits per heavy atom. The molecule has 4 heteroatoms. The lowest BCUT2D eigenvalue weighted by molar-refractivity contribution is 0.0919. The van der Waals surface area contributed by atoms with Crippen LogP contribution in [-0.2, 0) is 4.74 Å². The maximum absolute atomic E-state index is 11.7. The molecule has 2 atom stereocenters. The highest BCUT2D eigenvalue weighted by Crippen LogP contribution is 2.13. The van der Waals surface area contributed by atoms with Gasteiger partial charge in [0, 0.05) is 0 Å². The van der Waals surface area contributed by atoms with Gasteiger partial charge in [0.15, 0.2) is 0 Å². The molecule has 0 heterocycles. The Kier molecular flexibility index (Phi) is 18.2. The number of rotatable bonds is 18. The third-order valence-electron chi connectivity index (χ3n) is 4.53. The summed E-state index contributed by atoms with van der Waals surface area (Å²) in [5.41, 5.74) is 5.77. The third kappa shape index (κ3) is 16.3. The van der Waals surface area contributed by atoms with Gasteiger partial charge in [0.05, 0.1) is 12.1 Å². The summed E-state index contributed by atoms with van der Waals surface area (Å²) >= 11 is 0. The maximum atomic E-state index is 11.7. The molecule has 3 nitrogen and oxygen atoms in total. The van der Waals surface area contributed by atoms with Gasteiger partial charge in [-0.25, -0.2) is 4.39 Å². The molecule has 0 amide bonds. The zero-order chi connectivity index (χ0) is 17.9. The molecule has 0 aliphatic rings. The molecule has 0 rings (SSSR count). The van der Waals surface area contributed by atoms with Gasteiger partial charge in [-0.3, -0.25) is 0 Å². The Morgan fingerprint density at radius 3 is 1.79 bits per heavy atom. The Labute approximate surface area is 148 Å². The molecule has 0 bridgehead atoms. The molecule has 0 spiro atoms. The van der Waals surface area contributed by atoms with E-state index in [4.69, 9.17) is 10.5 Å². The smallest absolute Gasteiger partial charge is 0.121 e. The average Bonchev–Trinajstić information content (AvgIpc) is 2.58. The van der Waals surface area contributed by atoms with Crippen LogP contribution in [0, 0.1) is 0 Å². The van der Waals surface area contributed by atoms with E-state index >= 15 is 0 Å². The van der Waals surface area contributed by atoms with Crippen LogP contribution >= 0.6 is 0 Å². The van der Waals surface area contributed by atoms with Gasteiger partial charge in [-0.05, 0) is 6.42 Å². The summed E-state index contributed by atoms with van der Waals surface area (Å²) in [6, 6.07) is -0.446. The normalized spacial score (nSPS) is 14.2. The zero-order valence-electron chi connectivity index (χ0n) is 15.7. The Morgan fingerprint density at radius 2 is 1.33 bits per heavy atom. The minimum absolute atomic E-state index is 0.153. The van der Waals surface area contributed by atoms with E-state index in [1.54, 1.807) is 0 Å². The fraction of sp³-hybridized carbons (Fsp3) is 0.900. The quantitative estimate of drug-likeness (QED) is 0.251. The first-order chi connectivity index (χ1) is 11.7. The zero-order valence-corrected chi connectivity index (χ0v) is 15.7. The molecule has 0 aromatic heterocycles. The average molecular weight is 346 g/mol. The highest BCUT2D eigenvalue weighted by molar-refractivity contribution is 4.73. The first-order valence-electron chi connectivity index (χ1n) is 10.0. The largest absolute Gasteiger partial charge is 0.497 e. The molecule has 0 radical (unpaired) electrons. The standard InChI is InChI=1S/C20H40FNO2/c1-2-3-4-5-6-7-8-9-10-11-12-13-14-15-20(23)19(22)18-24-17-16-21/h16-17,19-20,23H,2-15,18,22H2,1H3. The van der Waals surface area contributed by atoms with Crippen LogP contribution in [0.2, 0.25) is 0 Å². The molecule has 0 aromatic rings. The van der Waals surface area contributed by atoms with Gasteiger partial charge >= 0.3 is 0 Å². The molecule has 0 fully saturated rings. The monoisotopic (exact) mass is 345 g/mol. The number of aliphatic hydroxyl groups excluding tert-OH is 1. The van der Waals surface area contributed by atoms with E-state index < -0.39 is 12.1 Å². The molecule has 0 saturated carbocycles. The van der Waals surface area contributed by atoms with E-state index in [-0.39, 0.29) is 6.61 Å². The van der Waals surface area contributed by atoms with Gasteiger partial charge in [0.25, 0.3) is 0 Å². The lowest BCUT2D eigenvalue weighted by Gasteiger charge is -2.17. The van der Waals surface area contributed by atoms with Crippen molar-refractivity contribution in [3.05, 3.63) is 12.6 Å². The summed E-state index contributed by atoms with van der Waals surface area (Å²) < 4.78 is 16.6. The number of hydrogen-bond donors (Lipinski definition) is 2. The van der Waals surface area contributed by atoms with Crippen LogP contribution in [0.4, 0.5) is 4.39 Å². The molecular weight excluding hydrogens is 305 g/mol. The topological polar surface area (TPSA) is 55.5 Å². The maximum Gasteiger partial charge on any atom is 0.121 e. The number of hydrogen-bond acceptors (Lipinski definition) is 3. The second-order valence-corrected chi connectivity index (χ2v) is 6.86. The van der Waals surface area contributed by atoms with E-state index in [1.807, 2.05) is 0 Å². The number of nitrogens with two attached hydrogens (primary N) is 1. The molecule has 24 heavy (non-hydrogen) atoms. The molecule has 0 aromatic carbocycles. The minimum atomic E-state index is -0.564. The van der Waals surface area contributed by atoms with E-state index in [2.05, 4.69) is 6.92 Å². The number of unbranched alkanes of at least 4 members (excludes halogenated alkanes) is 12. The van der Waals surface area contributed by atoms with Crippen molar-refractivity contribution < 1.29 is 14.2 Å². The second kappa shape index (κ2) is 18.7. The van der Waals surface area contributed by atoms with E-state index in [1.165, 1.54) is 70.6 Å². The third-order valence-corrected chi connectivity index (χ3v) is 4.53. The van der Waals surface area contributed by atoms with Crippen molar-refractivity contribution in [1.29, 1.82) is 0 Å². The predicted octanol–water partition coefficient (Wildman–Crippen LogP) is 5.61. The van der Waals surface area contributed by atoms with Crippen LogP contribution in [0.15, 0.2) is 12.6 Å². The van der Waals surface area contributed by atoms with Crippen LogP contribution in [-0.4, -0.2) is 23.9 Å². The number of aliphatic hydroxyl groups is 1. The highest BCUT2D eigenvalue weighted by Gasteiger charge is 2.14. The Bertz CT molecular complexity index is 274. The van der Waals surface area contributed by atoms with Crippen molar-refractivity contribution in [3.63, 3.8) is 0 Å². The van der Waals surface area contributed by atoms with Crippen LogP contribution in [0.5, 0.6) is 0 Å².